The third kappa shape index (κ3) is 3.37. The highest BCUT2D eigenvalue weighted by Crippen LogP contribution is 2.46. The van der Waals surface area contributed by atoms with Gasteiger partial charge in [-0.3, -0.25) is 9.69 Å². The number of hydrogen-bond acceptors (Lipinski definition) is 6. The van der Waals surface area contributed by atoms with Crippen molar-refractivity contribution in [2.75, 3.05) is 5.32 Å². The lowest BCUT2D eigenvalue weighted by atomic mass is 9.93. The van der Waals surface area contributed by atoms with E-state index in [1.165, 1.54) is 11.8 Å². The van der Waals surface area contributed by atoms with Gasteiger partial charge in [0.15, 0.2) is 5.17 Å². The van der Waals surface area contributed by atoms with Crippen molar-refractivity contribution < 1.29 is 4.79 Å². The second-order valence-corrected chi connectivity index (χ2v) is 7.82. The van der Waals surface area contributed by atoms with E-state index in [9.17, 15) is 10.1 Å². The van der Waals surface area contributed by atoms with E-state index in [0.29, 0.717) is 37.6 Å². The number of hydrogen-bond donors (Lipinski definition) is 2. The summed E-state index contributed by atoms with van der Waals surface area (Å²) in [4.78, 5) is 19.9. The van der Waals surface area contributed by atoms with Crippen molar-refractivity contribution in [3.05, 3.63) is 87.2 Å². The molecular formula is C21H16ClN5OS. The van der Waals surface area contributed by atoms with Gasteiger partial charge in [-0.15, -0.1) is 0 Å². The molecule has 6 nitrogen and oxygen atoms in total. The van der Waals surface area contributed by atoms with Gasteiger partial charge in [-0.2, -0.15) is 5.26 Å². The molecule has 2 aromatic rings. The minimum absolute atomic E-state index is 0.263. The number of thioether (sulfide) groups is 1. The Kier molecular flexibility index (Phi) is 5.05. The summed E-state index contributed by atoms with van der Waals surface area (Å²) < 4.78 is 0. The van der Waals surface area contributed by atoms with E-state index < -0.39 is 6.04 Å². The van der Waals surface area contributed by atoms with Crippen LogP contribution in [0.25, 0.3) is 0 Å². The van der Waals surface area contributed by atoms with Crippen LogP contribution in [-0.2, 0) is 4.79 Å². The fourth-order valence-corrected chi connectivity index (χ4v) is 4.50. The van der Waals surface area contributed by atoms with E-state index in [2.05, 4.69) is 16.4 Å². The number of nitrogens with zero attached hydrogens (tertiary/aromatic N) is 3. The summed E-state index contributed by atoms with van der Waals surface area (Å²) in [6.45, 7) is 1.77. The number of anilines is 1. The molecule has 8 heteroatoms. The number of carbonyl (C=O) groups is 1. The van der Waals surface area contributed by atoms with E-state index in [1.54, 1.807) is 17.9 Å². The van der Waals surface area contributed by atoms with E-state index in [1.807, 2.05) is 48.5 Å². The molecule has 1 amide bonds. The topological polar surface area (TPSA) is 94.5 Å². The number of benzene rings is 2. The van der Waals surface area contributed by atoms with Crippen molar-refractivity contribution >= 4 is 40.1 Å². The molecule has 0 aromatic heterocycles. The first-order chi connectivity index (χ1) is 14.0. The van der Waals surface area contributed by atoms with E-state index >= 15 is 0 Å². The van der Waals surface area contributed by atoms with Gasteiger partial charge in [-0.25, -0.2) is 4.99 Å². The summed E-state index contributed by atoms with van der Waals surface area (Å²) in [6.07, 6.45) is 0. The lowest BCUT2D eigenvalue weighted by molar-refractivity contribution is -0.113. The van der Waals surface area contributed by atoms with E-state index in [4.69, 9.17) is 17.3 Å². The number of rotatable bonds is 3. The van der Waals surface area contributed by atoms with E-state index in [-0.39, 0.29) is 11.7 Å². The lowest BCUT2D eigenvalue weighted by Crippen LogP contribution is -2.39. The van der Waals surface area contributed by atoms with Crippen LogP contribution in [0, 0.1) is 11.3 Å². The zero-order valence-corrected chi connectivity index (χ0v) is 17.0. The maximum absolute atomic E-state index is 13.3. The predicted molar refractivity (Wildman–Crippen MR) is 116 cm³/mol. The average molecular weight is 422 g/mol. The van der Waals surface area contributed by atoms with Crippen LogP contribution >= 0.6 is 23.4 Å². The number of nitrogens with two attached hydrogens (primary N) is 1. The van der Waals surface area contributed by atoms with Crippen molar-refractivity contribution in [3.8, 4) is 6.07 Å². The van der Waals surface area contributed by atoms with Crippen LogP contribution in [0.2, 0.25) is 5.02 Å². The minimum atomic E-state index is -0.599. The maximum Gasteiger partial charge on any atom is 0.255 e. The quantitative estimate of drug-likeness (QED) is 0.767. The fourth-order valence-electron chi connectivity index (χ4n) is 3.34. The zero-order chi connectivity index (χ0) is 20.5. The molecule has 0 saturated carbocycles. The Morgan fingerprint density at radius 1 is 1.24 bits per heavy atom. The maximum atomic E-state index is 13.3. The number of fused-ring (bicyclic) bond motifs is 1. The molecule has 0 radical (unpaired) electrons. The largest absolute Gasteiger partial charge is 0.383 e. The van der Waals surface area contributed by atoms with Crippen molar-refractivity contribution in [1.29, 1.82) is 5.26 Å². The molecule has 4 rings (SSSR count). The van der Waals surface area contributed by atoms with Gasteiger partial charge in [0.05, 0.1) is 17.3 Å². The summed E-state index contributed by atoms with van der Waals surface area (Å²) in [5.74, 6) is -0.0386. The van der Waals surface area contributed by atoms with Crippen molar-refractivity contribution in [2.45, 2.75) is 13.0 Å². The van der Waals surface area contributed by atoms with Gasteiger partial charge in [0.25, 0.3) is 5.91 Å². The zero-order valence-electron chi connectivity index (χ0n) is 15.4. The van der Waals surface area contributed by atoms with Gasteiger partial charge in [0.2, 0.25) is 0 Å². The van der Waals surface area contributed by atoms with Gasteiger partial charge in [-0.1, -0.05) is 48.0 Å². The third-order valence-electron chi connectivity index (χ3n) is 4.65. The van der Waals surface area contributed by atoms with Gasteiger partial charge in [0.1, 0.15) is 16.8 Å². The molecule has 0 fully saturated rings. The molecule has 0 unspecified atom stereocenters. The van der Waals surface area contributed by atoms with Crippen LogP contribution in [0.15, 0.2) is 81.6 Å². The number of amidine groups is 1. The number of nitrogens with one attached hydrogen (secondary N) is 1. The number of allylic oxidation sites excluding steroid dienone is 2. The summed E-state index contributed by atoms with van der Waals surface area (Å²) in [6, 6.07) is 18.0. The molecule has 0 bridgehead atoms. The highest BCUT2D eigenvalue weighted by molar-refractivity contribution is 8.17. The molecule has 2 aromatic carbocycles. The molecule has 29 heavy (non-hydrogen) atoms. The van der Waals surface area contributed by atoms with Gasteiger partial charge >= 0.3 is 0 Å². The molecule has 2 heterocycles. The Labute approximate surface area is 177 Å². The predicted octanol–water partition coefficient (Wildman–Crippen LogP) is 4.36. The van der Waals surface area contributed by atoms with Crippen molar-refractivity contribution in [2.24, 2.45) is 10.7 Å². The Bertz CT molecular complexity index is 1130. The number of carbonyl (C=O) groups excluding carboxylic acids is 1. The van der Waals surface area contributed by atoms with Crippen LogP contribution in [0.4, 0.5) is 5.69 Å². The number of para-hydroxylation sites is 1. The Morgan fingerprint density at radius 3 is 2.62 bits per heavy atom. The molecule has 144 valence electrons. The molecule has 0 spiro atoms. The first-order valence-electron chi connectivity index (χ1n) is 8.78. The second-order valence-electron chi connectivity index (χ2n) is 6.44. The van der Waals surface area contributed by atoms with Gasteiger partial charge < -0.3 is 11.1 Å². The van der Waals surface area contributed by atoms with Crippen molar-refractivity contribution in [3.63, 3.8) is 0 Å². The molecular weight excluding hydrogens is 406 g/mol. The monoisotopic (exact) mass is 421 g/mol. The number of aliphatic imine (C=N–C) groups is 1. The average Bonchev–Trinajstić information content (AvgIpc) is 3.03. The number of halogens is 1. The van der Waals surface area contributed by atoms with Crippen LogP contribution in [0.3, 0.4) is 0 Å². The highest BCUT2D eigenvalue weighted by Gasteiger charge is 2.42. The first-order valence-corrected chi connectivity index (χ1v) is 9.98. The standard InChI is InChI=1S/C21H16ClN5OS/c1-12-17(20(28)26-13-7-3-2-4-8-13)18(14-9-5-6-10-15(14)22)27-19(24)16(11-23)29-21(27)25-12/h2-10,18H,24H2,1H3,(H,26,28)/t18-/m1/s1. The summed E-state index contributed by atoms with van der Waals surface area (Å²) in [5.41, 5.74) is 8.62. The molecule has 3 N–H and O–H groups in total. The summed E-state index contributed by atoms with van der Waals surface area (Å²) >= 11 is 7.68. The van der Waals surface area contributed by atoms with Gasteiger partial charge in [-0.05, 0) is 42.4 Å². The molecule has 2 aliphatic rings. The number of nitriles is 1. The van der Waals surface area contributed by atoms with E-state index in [0.717, 1.165) is 0 Å². The normalized spacial score (nSPS) is 18.3. The number of amides is 1. The van der Waals surface area contributed by atoms with Crippen LogP contribution in [0.5, 0.6) is 0 Å². The van der Waals surface area contributed by atoms with Crippen LogP contribution < -0.4 is 11.1 Å². The third-order valence-corrected chi connectivity index (χ3v) is 5.97. The van der Waals surface area contributed by atoms with Gasteiger partial charge in [0, 0.05) is 10.7 Å². The Balaban J connectivity index is 1.85. The van der Waals surface area contributed by atoms with Crippen LogP contribution in [-0.4, -0.2) is 16.0 Å². The minimum Gasteiger partial charge on any atom is -0.383 e. The summed E-state index contributed by atoms with van der Waals surface area (Å²) in [5, 5.41) is 13.4. The Hall–Kier alpha value is -3.21. The second kappa shape index (κ2) is 7.66. The molecule has 0 aliphatic carbocycles. The molecule has 0 saturated heterocycles. The fraction of sp³-hybridized carbons (Fsp3) is 0.0952. The molecule has 1 atom stereocenters. The smallest absolute Gasteiger partial charge is 0.255 e. The van der Waals surface area contributed by atoms with Crippen molar-refractivity contribution in [1.82, 2.24) is 4.90 Å². The van der Waals surface area contributed by atoms with Crippen LogP contribution in [0.1, 0.15) is 18.5 Å². The lowest BCUT2D eigenvalue weighted by Gasteiger charge is -2.35. The SMILES string of the molecule is CC1=C(C(=O)Nc2ccccc2)[C@@H](c2ccccc2Cl)N2C(=N1)SC(C#N)=C2N. The molecule has 2 aliphatic heterocycles. The summed E-state index contributed by atoms with van der Waals surface area (Å²) in [7, 11) is 0. The highest BCUT2D eigenvalue weighted by atomic mass is 35.5. The Morgan fingerprint density at radius 2 is 1.93 bits per heavy atom. The first kappa shape index (κ1) is 19.1.